The standard InChI is InChI=1S/C17H22N4O2/c1-11(2)21-9-13(8-18-21)20-17(22)19-12(3)15-10-23-16-7-5-4-6-14(15)16/h4-9,11-12,15H,10H2,1-3H3,(H2,19,20,22)/t12-,15+/m0/s1. The lowest BCUT2D eigenvalue weighted by Gasteiger charge is -2.20. The molecule has 2 atom stereocenters. The highest BCUT2D eigenvalue weighted by Crippen LogP contribution is 2.35. The monoisotopic (exact) mass is 314 g/mol. The fraction of sp³-hybridized carbons (Fsp3) is 0.412. The summed E-state index contributed by atoms with van der Waals surface area (Å²) < 4.78 is 7.48. The van der Waals surface area contributed by atoms with Crippen molar-refractivity contribution in [3.63, 3.8) is 0 Å². The Labute approximate surface area is 135 Å². The number of nitrogens with zero attached hydrogens (tertiary/aromatic N) is 2. The highest BCUT2D eigenvalue weighted by molar-refractivity contribution is 5.89. The van der Waals surface area contributed by atoms with Gasteiger partial charge in [0.25, 0.3) is 0 Å². The molecule has 0 saturated carbocycles. The van der Waals surface area contributed by atoms with E-state index in [0.717, 1.165) is 11.3 Å². The SMILES string of the molecule is CC(C)n1cc(NC(=O)N[C@@H](C)[C@H]2COc3ccccc32)cn1. The van der Waals surface area contributed by atoms with Crippen LogP contribution in [0.5, 0.6) is 5.75 Å². The van der Waals surface area contributed by atoms with Crippen molar-refractivity contribution in [1.29, 1.82) is 0 Å². The van der Waals surface area contributed by atoms with Crippen molar-refractivity contribution in [3.05, 3.63) is 42.2 Å². The number of amides is 2. The van der Waals surface area contributed by atoms with Crippen molar-refractivity contribution in [2.75, 3.05) is 11.9 Å². The normalized spacial score (nSPS) is 17.5. The Morgan fingerprint density at radius 3 is 2.87 bits per heavy atom. The first kappa shape index (κ1) is 15.4. The van der Waals surface area contributed by atoms with Crippen LogP contribution in [0.4, 0.5) is 10.5 Å². The van der Waals surface area contributed by atoms with E-state index in [0.29, 0.717) is 12.3 Å². The maximum atomic E-state index is 12.2. The summed E-state index contributed by atoms with van der Waals surface area (Å²) in [4.78, 5) is 12.2. The lowest BCUT2D eigenvalue weighted by atomic mass is 9.94. The third-order valence-corrected chi connectivity index (χ3v) is 4.09. The molecular weight excluding hydrogens is 292 g/mol. The third-order valence-electron chi connectivity index (χ3n) is 4.09. The molecule has 1 aliphatic rings. The highest BCUT2D eigenvalue weighted by Gasteiger charge is 2.29. The summed E-state index contributed by atoms with van der Waals surface area (Å²) in [6.07, 6.45) is 3.47. The zero-order valence-electron chi connectivity index (χ0n) is 13.6. The first-order valence-electron chi connectivity index (χ1n) is 7.88. The van der Waals surface area contributed by atoms with E-state index in [-0.39, 0.29) is 24.0 Å². The Morgan fingerprint density at radius 2 is 2.13 bits per heavy atom. The molecule has 0 bridgehead atoms. The minimum Gasteiger partial charge on any atom is -0.493 e. The Morgan fingerprint density at radius 1 is 1.35 bits per heavy atom. The van der Waals surface area contributed by atoms with Gasteiger partial charge in [-0.1, -0.05) is 18.2 Å². The molecule has 23 heavy (non-hydrogen) atoms. The number of nitrogens with one attached hydrogen (secondary N) is 2. The van der Waals surface area contributed by atoms with Gasteiger partial charge in [0.05, 0.1) is 18.5 Å². The van der Waals surface area contributed by atoms with Crippen LogP contribution in [0.3, 0.4) is 0 Å². The number of anilines is 1. The number of hydrogen-bond donors (Lipinski definition) is 2. The molecule has 6 nitrogen and oxygen atoms in total. The Kier molecular flexibility index (Phi) is 4.23. The second-order valence-corrected chi connectivity index (χ2v) is 6.15. The van der Waals surface area contributed by atoms with Gasteiger partial charge in [0.1, 0.15) is 5.75 Å². The highest BCUT2D eigenvalue weighted by atomic mass is 16.5. The van der Waals surface area contributed by atoms with E-state index in [2.05, 4.69) is 21.8 Å². The van der Waals surface area contributed by atoms with Crippen molar-refractivity contribution in [3.8, 4) is 5.75 Å². The van der Waals surface area contributed by atoms with Crippen LogP contribution in [0.1, 0.15) is 38.3 Å². The second-order valence-electron chi connectivity index (χ2n) is 6.15. The van der Waals surface area contributed by atoms with Crippen LogP contribution in [-0.2, 0) is 0 Å². The van der Waals surface area contributed by atoms with Crippen LogP contribution < -0.4 is 15.4 Å². The van der Waals surface area contributed by atoms with Gasteiger partial charge in [-0.15, -0.1) is 0 Å². The van der Waals surface area contributed by atoms with Crippen molar-refractivity contribution < 1.29 is 9.53 Å². The average Bonchev–Trinajstić information content (AvgIpc) is 3.13. The number of carbonyl (C=O) groups is 1. The molecule has 0 aliphatic carbocycles. The first-order chi connectivity index (χ1) is 11.0. The number of fused-ring (bicyclic) bond motifs is 1. The van der Waals surface area contributed by atoms with Gasteiger partial charge in [-0.2, -0.15) is 5.10 Å². The number of rotatable bonds is 4. The Bertz CT molecular complexity index is 695. The van der Waals surface area contributed by atoms with E-state index < -0.39 is 0 Å². The lowest BCUT2D eigenvalue weighted by molar-refractivity contribution is 0.244. The maximum Gasteiger partial charge on any atom is 0.319 e. The van der Waals surface area contributed by atoms with Gasteiger partial charge in [0, 0.05) is 29.8 Å². The van der Waals surface area contributed by atoms with Gasteiger partial charge in [0.15, 0.2) is 0 Å². The molecule has 0 spiro atoms. The fourth-order valence-electron chi connectivity index (χ4n) is 2.76. The van der Waals surface area contributed by atoms with Crippen molar-refractivity contribution >= 4 is 11.7 Å². The maximum absolute atomic E-state index is 12.2. The van der Waals surface area contributed by atoms with E-state index in [1.807, 2.05) is 45.2 Å². The van der Waals surface area contributed by atoms with E-state index >= 15 is 0 Å². The minimum atomic E-state index is -0.231. The van der Waals surface area contributed by atoms with Crippen molar-refractivity contribution in [1.82, 2.24) is 15.1 Å². The van der Waals surface area contributed by atoms with Crippen LogP contribution >= 0.6 is 0 Å². The molecule has 0 fully saturated rings. The summed E-state index contributed by atoms with van der Waals surface area (Å²) in [5.41, 5.74) is 1.83. The molecule has 0 unspecified atom stereocenters. The summed E-state index contributed by atoms with van der Waals surface area (Å²) in [6, 6.07) is 7.97. The van der Waals surface area contributed by atoms with Crippen LogP contribution in [0, 0.1) is 0 Å². The number of benzene rings is 1. The van der Waals surface area contributed by atoms with Gasteiger partial charge in [0.2, 0.25) is 0 Å². The van der Waals surface area contributed by atoms with Crippen molar-refractivity contribution in [2.45, 2.75) is 38.8 Å². The Hall–Kier alpha value is -2.50. The quantitative estimate of drug-likeness (QED) is 0.911. The fourth-order valence-corrected chi connectivity index (χ4v) is 2.76. The molecule has 122 valence electrons. The summed E-state index contributed by atoms with van der Waals surface area (Å²) in [5.74, 6) is 1.07. The summed E-state index contributed by atoms with van der Waals surface area (Å²) in [7, 11) is 0. The summed E-state index contributed by atoms with van der Waals surface area (Å²) in [6.45, 7) is 6.66. The predicted molar refractivity (Wildman–Crippen MR) is 88.9 cm³/mol. The van der Waals surface area contributed by atoms with E-state index in [1.165, 1.54) is 0 Å². The average molecular weight is 314 g/mol. The number of carbonyl (C=O) groups excluding carboxylic acids is 1. The number of para-hydroxylation sites is 1. The lowest BCUT2D eigenvalue weighted by Crippen LogP contribution is -2.40. The van der Waals surface area contributed by atoms with Gasteiger partial charge in [-0.25, -0.2) is 4.79 Å². The van der Waals surface area contributed by atoms with Gasteiger partial charge < -0.3 is 15.4 Å². The molecule has 2 amide bonds. The van der Waals surface area contributed by atoms with Crippen LogP contribution in [0.15, 0.2) is 36.7 Å². The van der Waals surface area contributed by atoms with Gasteiger partial charge >= 0.3 is 6.03 Å². The molecule has 1 aliphatic heterocycles. The largest absolute Gasteiger partial charge is 0.493 e. The van der Waals surface area contributed by atoms with Crippen LogP contribution in [0.25, 0.3) is 0 Å². The van der Waals surface area contributed by atoms with Crippen molar-refractivity contribution in [2.24, 2.45) is 0 Å². The molecule has 3 rings (SSSR count). The number of hydrogen-bond acceptors (Lipinski definition) is 3. The zero-order chi connectivity index (χ0) is 16.4. The van der Waals surface area contributed by atoms with Gasteiger partial charge in [-0.3, -0.25) is 4.68 Å². The number of aromatic nitrogens is 2. The molecule has 2 aromatic rings. The zero-order valence-corrected chi connectivity index (χ0v) is 13.6. The predicted octanol–water partition coefficient (Wildman–Crippen LogP) is 3.15. The first-order valence-corrected chi connectivity index (χ1v) is 7.88. The molecule has 2 N–H and O–H groups in total. The second kappa shape index (κ2) is 6.32. The summed E-state index contributed by atoms with van der Waals surface area (Å²) in [5, 5.41) is 10.0. The van der Waals surface area contributed by atoms with Gasteiger partial charge in [-0.05, 0) is 26.8 Å². The number of ether oxygens (including phenoxy) is 1. The van der Waals surface area contributed by atoms with E-state index in [9.17, 15) is 4.79 Å². The molecule has 1 aromatic carbocycles. The molecule has 1 aromatic heterocycles. The van der Waals surface area contributed by atoms with Crippen LogP contribution in [-0.4, -0.2) is 28.5 Å². The smallest absolute Gasteiger partial charge is 0.319 e. The van der Waals surface area contributed by atoms with E-state index in [4.69, 9.17) is 4.74 Å². The molecule has 0 saturated heterocycles. The number of urea groups is 1. The molecule has 6 heteroatoms. The molecular formula is C17H22N4O2. The molecule has 0 radical (unpaired) electrons. The van der Waals surface area contributed by atoms with Crippen LogP contribution in [0.2, 0.25) is 0 Å². The topological polar surface area (TPSA) is 68.2 Å². The van der Waals surface area contributed by atoms with E-state index in [1.54, 1.807) is 10.9 Å². The third kappa shape index (κ3) is 3.31. The minimum absolute atomic E-state index is 0.0289. The Balaban J connectivity index is 1.59. The summed E-state index contributed by atoms with van der Waals surface area (Å²) >= 11 is 0. The molecule has 2 heterocycles.